The maximum Gasteiger partial charge on any atom is 0.490 e. The predicted molar refractivity (Wildman–Crippen MR) is 60.3 cm³/mol. The van der Waals surface area contributed by atoms with Gasteiger partial charge in [-0.05, 0) is 13.8 Å². The summed E-state index contributed by atoms with van der Waals surface area (Å²) in [4.78, 5) is 8.90. The zero-order chi connectivity index (χ0) is 14.0. The van der Waals surface area contributed by atoms with E-state index < -0.39 is 12.1 Å². The van der Waals surface area contributed by atoms with Crippen molar-refractivity contribution in [3.05, 3.63) is 35.7 Å². The summed E-state index contributed by atoms with van der Waals surface area (Å²) in [6.45, 7) is 6.87. The van der Waals surface area contributed by atoms with E-state index in [2.05, 4.69) is 38.2 Å². The summed E-state index contributed by atoms with van der Waals surface area (Å²) in [6.07, 6.45) is 3.87. The maximum absolute atomic E-state index is 10.6. The van der Waals surface area contributed by atoms with Crippen molar-refractivity contribution in [2.75, 3.05) is 13.1 Å². The number of hydrogen-bond donors (Lipinski definition) is 1. The minimum absolute atomic E-state index is 1.08. The van der Waals surface area contributed by atoms with Crippen LogP contribution in [-0.2, 0) is 4.79 Å². The van der Waals surface area contributed by atoms with E-state index in [1.807, 2.05) is 0 Å². The SMILES string of the molecule is CC[N+]1(CC)C2=CC=C1C=C2.O=C(O)C(F)(F)F. The standard InChI is InChI=1S/C10H14N.C2HF3O2/c1-3-11(4-2)9-5-6-10(11)8-7-9;3-2(4,5)1(6)7/h5-8H,3-4H2,1-2H3;(H,6,7)/q+1;. The molecule has 0 spiro atoms. The minimum Gasteiger partial charge on any atom is -0.475 e. The number of quaternary nitrogens is 1. The van der Waals surface area contributed by atoms with E-state index >= 15 is 0 Å². The van der Waals surface area contributed by atoms with Gasteiger partial charge in [0.05, 0.1) is 13.1 Å². The smallest absolute Gasteiger partial charge is 0.475 e. The maximum atomic E-state index is 10.6. The highest BCUT2D eigenvalue weighted by Gasteiger charge is 2.39. The molecule has 18 heavy (non-hydrogen) atoms. The summed E-state index contributed by atoms with van der Waals surface area (Å²) < 4.78 is 32.8. The predicted octanol–water partition coefficient (Wildman–Crippen LogP) is 2.83. The molecule has 6 heteroatoms. The molecule has 2 heterocycles. The van der Waals surface area contributed by atoms with Gasteiger partial charge in [0.1, 0.15) is 11.4 Å². The third-order valence-corrected chi connectivity index (χ3v) is 3.16. The molecule has 0 saturated carbocycles. The zero-order valence-corrected chi connectivity index (χ0v) is 10.2. The number of hydrogen-bond acceptors (Lipinski definition) is 1. The number of nitrogens with zero attached hydrogens (tertiary/aromatic N) is 1. The second-order valence-electron chi connectivity index (χ2n) is 3.92. The third kappa shape index (κ3) is 2.48. The Bertz CT molecular complexity index is 405. The quantitative estimate of drug-likeness (QED) is 0.777. The summed E-state index contributed by atoms with van der Waals surface area (Å²) >= 11 is 0. The van der Waals surface area contributed by atoms with Crippen LogP contribution in [0.5, 0.6) is 0 Å². The number of alkyl halides is 3. The highest BCUT2D eigenvalue weighted by atomic mass is 19.4. The largest absolute Gasteiger partial charge is 0.490 e. The summed E-state index contributed by atoms with van der Waals surface area (Å²) in [6, 6.07) is 0. The molecule has 0 atom stereocenters. The number of halogens is 3. The zero-order valence-electron chi connectivity index (χ0n) is 10.2. The molecule has 0 amide bonds. The first-order chi connectivity index (χ1) is 8.28. The van der Waals surface area contributed by atoms with Crippen molar-refractivity contribution in [3.63, 3.8) is 0 Å². The van der Waals surface area contributed by atoms with Gasteiger partial charge in [0.25, 0.3) is 0 Å². The van der Waals surface area contributed by atoms with Crippen LogP contribution in [0, 0.1) is 0 Å². The van der Waals surface area contributed by atoms with Gasteiger partial charge in [-0.1, -0.05) is 0 Å². The van der Waals surface area contributed by atoms with E-state index in [0.717, 1.165) is 4.48 Å². The molecule has 3 nitrogen and oxygen atoms in total. The number of fused-ring (bicyclic) bond motifs is 2. The first-order valence-electron chi connectivity index (χ1n) is 5.56. The number of carboxylic acid groups (broad SMARTS) is 1. The summed E-state index contributed by atoms with van der Waals surface area (Å²) in [5, 5.41) is 7.12. The van der Waals surface area contributed by atoms with Crippen LogP contribution in [0.1, 0.15) is 13.8 Å². The Balaban J connectivity index is 0.000000203. The number of aliphatic carboxylic acids is 1. The molecule has 0 fully saturated rings. The molecule has 0 aromatic carbocycles. The lowest BCUT2D eigenvalue weighted by Gasteiger charge is -2.30. The first-order valence-corrected chi connectivity index (χ1v) is 5.56. The van der Waals surface area contributed by atoms with E-state index in [0.29, 0.717) is 0 Å². The molecule has 0 aliphatic carbocycles. The first kappa shape index (κ1) is 14.5. The molecule has 0 saturated heterocycles. The summed E-state index contributed by atoms with van der Waals surface area (Å²) in [5.74, 6) is -2.76. The van der Waals surface area contributed by atoms with Crippen LogP contribution >= 0.6 is 0 Å². The van der Waals surface area contributed by atoms with Gasteiger partial charge in [-0.3, -0.25) is 4.48 Å². The number of rotatable bonds is 2. The van der Waals surface area contributed by atoms with Gasteiger partial charge >= 0.3 is 12.1 Å². The van der Waals surface area contributed by atoms with Crippen molar-refractivity contribution >= 4 is 5.97 Å². The average Bonchev–Trinajstić information content (AvgIpc) is 2.83. The molecule has 0 aromatic rings. The van der Waals surface area contributed by atoms with Gasteiger partial charge < -0.3 is 5.11 Å². The highest BCUT2D eigenvalue weighted by molar-refractivity contribution is 5.73. The molecule has 2 rings (SSSR count). The average molecular weight is 262 g/mol. The lowest BCUT2D eigenvalue weighted by atomic mass is 10.3. The molecule has 0 unspecified atom stereocenters. The van der Waals surface area contributed by atoms with Gasteiger partial charge in [-0.2, -0.15) is 13.2 Å². The van der Waals surface area contributed by atoms with Crippen molar-refractivity contribution < 1.29 is 27.6 Å². The molecular formula is C12H15F3NO2+. The molecular weight excluding hydrogens is 247 g/mol. The van der Waals surface area contributed by atoms with Crippen LogP contribution in [0.25, 0.3) is 0 Å². The van der Waals surface area contributed by atoms with Crippen LogP contribution in [0.15, 0.2) is 35.7 Å². The van der Waals surface area contributed by atoms with Crippen LogP contribution in [0.2, 0.25) is 0 Å². The van der Waals surface area contributed by atoms with Crippen molar-refractivity contribution in [1.29, 1.82) is 0 Å². The molecule has 0 radical (unpaired) electrons. The highest BCUT2D eigenvalue weighted by Crippen LogP contribution is 2.37. The second kappa shape index (κ2) is 4.97. The van der Waals surface area contributed by atoms with Crippen LogP contribution in [-0.4, -0.2) is 34.8 Å². The van der Waals surface area contributed by atoms with Crippen LogP contribution in [0.3, 0.4) is 0 Å². The van der Waals surface area contributed by atoms with E-state index in [9.17, 15) is 13.2 Å². The van der Waals surface area contributed by atoms with Crippen LogP contribution in [0.4, 0.5) is 13.2 Å². The summed E-state index contributed by atoms with van der Waals surface area (Å²) in [7, 11) is 0. The molecule has 1 N–H and O–H groups in total. The minimum atomic E-state index is -5.08. The number of carbonyl (C=O) groups is 1. The fraction of sp³-hybridized carbons (Fsp3) is 0.417. The van der Waals surface area contributed by atoms with E-state index in [-0.39, 0.29) is 0 Å². The molecule has 2 aliphatic heterocycles. The van der Waals surface area contributed by atoms with Crippen molar-refractivity contribution in [3.8, 4) is 0 Å². The van der Waals surface area contributed by atoms with Crippen LogP contribution < -0.4 is 0 Å². The Hall–Kier alpha value is -1.56. The molecule has 2 bridgehead atoms. The normalized spacial score (nSPS) is 18.9. The second-order valence-corrected chi connectivity index (χ2v) is 3.92. The van der Waals surface area contributed by atoms with Gasteiger partial charge in [0.2, 0.25) is 0 Å². The summed E-state index contributed by atoms with van der Waals surface area (Å²) in [5.41, 5.74) is 2.93. The fourth-order valence-corrected chi connectivity index (χ4v) is 2.13. The third-order valence-electron chi connectivity index (χ3n) is 3.16. The van der Waals surface area contributed by atoms with Gasteiger partial charge in [-0.15, -0.1) is 0 Å². The van der Waals surface area contributed by atoms with E-state index in [1.165, 1.54) is 24.5 Å². The topological polar surface area (TPSA) is 37.3 Å². The Morgan fingerprint density at radius 2 is 1.50 bits per heavy atom. The Kier molecular flexibility index (Phi) is 4.01. The van der Waals surface area contributed by atoms with Crippen molar-refractivity contribution in [2.24, 2.45) is 0 Å². The Labute approximate surface area is 103 Å². The van der Waals surface area contributed by atoms with Gasteiger partial charge in [0, 0.05) is 24.3 Å². The monoisotopic (exact) mass is 262 g/mol. The van der Waals surface area contributed by atoms with Gasteiger partial charge in [-0.25, -0.2) is 4.79 Å². The lowest BCUT2D eigenvalue weighted by Crippen LogP contribution is -2.40. The fourth-order valence-electron chi connectivity index (χ4n) is 2.13. The van der Waals surface area contributed by atoms with Gasteiger partial charge in [0.15, 0.2) is 0 Å². The number of likely N-dealkylation sites (N-methyl/N-ethyl adjacent to an activating group) is 1. The molecule has 0 aromatic heterocycles. The Morgan fingerprint density at radius 3 is 1.61 bits per heavy atom. The number of carboxylic acids is 1. The Morgan fingerprint density at radius 1 is 1.17 bits per heavy atom. The number of allylic oxidation sites excluding steroid dienone is 4. The molecule has 2 aliphatic rings. The molecule has 100 valence electrons. The lowest BCUT2D eigenvalue weighted by molar-refractivity contribution is -0.839. The van der Waals surface area contributed by atoms with Crippen molar-refractivity contribution in [1.82, 2.24) is 0 Å². The van der Waals surface area contributed by atoms with E-state index in [1.54, 1.807) is 0 Å². The van der Waals surface area contributed by atoms with Crippen molar-refractivity contribution in [2.45, 2.75) is 20.0 Å². The van der Waals surface area contributed by atoms with E-state index in [4.69, 9.17) is 9.90 Å².